The third-order valence-corrected chi connectivity index (χ3v) is 7.47. The summed E-state index contributed by atoms with van der Waals surface area (Å²) in [6.45, 7) is 1.09. The van der Waals surface area contributed by atoms with Crippen molar-refractivity contribution in [3.63, 3.8) is 0 Å². The zero-order valence-electron chi connectivity index (χ0n) is 19.4. The molecule has 3 aromatic rings. The van der Waals surface area contributed by atoms with E-state index in [1.54, 1.807) is 12.1 Å². The highest BCUT2D eigenvalue weighted by molar-refractivity contribution is 8.00. The number of methoxy groups -OCH3 is 1. The van der Waals surface area contributed by atoms with Crippen molar-refractivity contribution in [1.29, 1.82) is 0 Å². The molecule has 1 fully saturated rings. The molecule has 184 valence electrons. The first-order chi connectivity index (χ1) is 17.0. The lowest BCUT2D eigenvalue weighted by atomic mass is 9.94. The van der Waals surface area contributed by atoms with Crippen LogP contribution < -0.4 is 21.1 Å². The average Bonchev–Trinajstić information content (AvgIpc) is 2.88. The molecule has 0 aliphatic carbocycles. The number of aromatic nitrogens is 2. The Kier molecular flexibility index (Phi) is 7.14. The molecule has 35 heavy (non-hydrogen) atoms. The van der Waals surface area contributed by atoms with Crippen LogP contribution in [0.5, 0.6) is 5.88 Å². The largest absolute Gasteiger partial charge is 0.481 e. The third-order valence-electron chi connectivity index (χ3n) is 6.43. The van der Waals surface area contributed by atoms with Crippen molar-refractivity contribution in [2.45, 2.75) is 48.9 Å². The maximum atomic E-state index is 14.7. The number of carbonyl (C=O) groups is 1. The van der Waals surface area contributed by atoms with E-state index in [0.29, 0.717) is 48.1 Å². The predicted molar refractivity (Wildman–Crippen MR) is 133 cm³/mol. The van der Waals surface area contributed by atoms with Crippen LogP contribution in [0.25, 0.3) is 10.9 Å². The van der Waals surface area contributed by atoms with Gasteiger partial charge < -0.3 is 25.8 Å². The van der Waals surface area contributed by atoms with Gasteiger partial charge in [0.2, 0.25) is 11.8 Å². The molecule has 1 aromatic carbocycles. The number of fused-ring (bicyclic) bond motifs is 2. The SMILES string of the molecule is COc1ccc2ccc(F)c(C[C@H](N)[C@H]3CC[C@H](NCc4ccc5c(n4)NC(=O)CS5)CO3)c2n1. The Morgan fingerprint density at radius 1 is 1.26 bits per heavy atom. The molecule has 8 nitrogen and oxygen atoms in total. The van der Waals surface area contributed by atoms with Crippen molar-refractivity contribution in [3.05, 3.63) is 53.5 Å². The number of hydrogen-bond donors (Lipinski definition) is 3. The van der Waals surface area contributed by atoms with Gasteiger partial charge in [-0.15, -0.1) is 11.8 Å². The van der Waals surface area contributed by atoms with Crippen LogP contribution >= 0.6 is 11.8 Å². The number of nitrogens with zero attached hydrogens (tertiary/aromatic N) is 2. The third kappa shape index (κ3) is 5.40. The number of carbonyl (C=O) groups excluding carboxylic acids is 1. The molecule has 0 radical (unpaired) electrons. The van der Waals surface area contributed by atoms with Crippen LogP contribution in [0, 0.1) is 5.82 Å². The van der Waals surface area contributed by atoms with E-state index >= 15 is 0 Å². The molecule has 1 amide bonds. The normalized spacial score (nSPS) is 20.8. The minimum Gasteiger partial charge on any atom is -0.481 e. The van der Waals surface area contributed by atoms with E-state index in [1.165, 1.54) is 24.9 Å². The second-order valence-electron chi connectivity index (χ2n) is 8.83. The summed E-state index contributed by atoms with van der Waals surface area (Å²) < 4.78 is 26.0. The van der Waals surface area contributed by atoms with Gasteiger partial charge in [0, 0.05) is 35.6 Å². The highest BCUT2D eigenvalue weighted by atomic mass is 32.2. The van der Waals surface area contributed by atoms with Gasteiger partial charge in [0.15, 0.2) is 0 Å². The summed E-state index contributed by atoms with van der Waals surface area (Å²) in [5.41, 5.74) is 8.40. The number of benzene rings is 1. The zero-order chi connectivity index (χ0) is 24.4. The van der Waals surface area contributed by atoms with Gasteiger partial charge in [0.1, 0.15) is 11.6 Å². The molecular formula is C25H28FN5O3S. The molecule has 0 bridgehead atoms. The fourth-order valence-corrected chi connectivity index (χ4v) is 5.26. The summed E-state index contributed by atoms with van der Waals surface area (Å²) >= 11 is 1.50. The summed E-state index contributed by atoms with van der Waals surface area (Å²) in [4.78, 5) is 21.6. The molecule has 0 saturated carbocycles. The Balaban J connectivity index is 1.16. The van der Waals surface area contributed by atoms with Crippen molar-refractivity contribution in [2.24, 2.45) is 5.73 Å². The van der Waals surface area contributed by atoms with Crippen LogP contribution in [0.3, 0.4) is 0 Å². The van der Waals surface area contributed by atoms with Crippen molar-refractivity contribution < 1.29 is 18.7 Å². The second-order valence-corrected chi connectivity index (χ2v) is 9.85. The number of rotatable bonds is 7. The van der Waals surface area contributed by atoms with Gasteiger partial charge >= 0.3 is 0 Å². The number of nitrogens with one attached hydrogen (secondary N) is 2. The number of pyridine rings is 2. The Bertz CT molecular complexity index is 1240. The van der Waals surface area contributed by atoms with E-state index in [4.69, 9.17) is 15.2 Å². The Hall–Kier alpha value is -2.79. The number of hydrogen-bond acceptors (Lipinski definition) is 8. The van der Waals surface area contributed by atoms with Crippen LogP contribution in [0.1, 0.15) is 24.1 Å². The molecule has 1 saturated heterocycles. The fraction of sp³-hybridized carbons (Fsp3) is 0.400. The van der Waals surface area contributed by atoms with Gasteiger partial charge in [-0.2, -0.15) is 0 Å². The minimum absolute atomic E-state index is 0.0264. The lowest BCUT2D eigenvalue weighted by Gasteiger charge is -2.33. The lowest BCUT2D eigenvalue weighted by Crippen LogP contribution is -2.47. The number of halogens is 1. The van der Waals surface area contributed by atoms with Crippen molar-refractivity contribution in [2.75, 3.05) is 24.8 Å². The number of anilines is 1. The number of thioether (sulfide) groups is 1. The van der Waals surface area contributed by atoms with Gasteiger partial charge in [-0.25, -0.2) is 14.4 Å². The van der Waals surface area contributed by atoms with Crippen molar-refractivity contribution in [3.8, 4) is 5.88 Å². The van der Waals surface area contributed by atoms with Crippen LogP contribution in [0.4, 0.5) is 10.2 Å². The summed E-state index contributed by atoms with van der Waals surface area (Å²) in [5.74, 6) is 1.14. The molecule has 4 heterocycles. The Labute approximate surface area is 207 Å². The first-order valence-corrected chi connectivity index (χ1v) is 12.6. The van der Waals surface area contributed by atoms with Gasteiger partial charge in [-0.05, 0) is 49.6 Å². The summed E-state index contributed by atoms with van der Waals surface area (Å²) in [6.07, 6.45) is 1.82. The molecule has 0 unspecified atom stereocenters. The van der Waals surface area contributed by atoms with Gasteiger partial charge in [-0.3, -0.25) is 4.79 Å². The maximum Gasteiger partial charge on any atom is 0.235 e. The molecule has 2 aliphatic heterocycles. The van der Waals surface area contributed by atoms with E-state index in [-0.39, 0.29) is 29.9 Å². The quantitative estimate of drug-likeness (QED) is 0.457. The summed E-state index contributed by atoms with van der Waals surface area (Å²) in [6, 6.07) is 10.6. The molecule has 0 spiro atoms. The lowest BCUT2D eigenvalue weighted by molar-refractivity contribution is -0.113. The van der Waals surface area contributed by atoms with Crippen molar-refractivity contribution in [1.82, 2.24) is 15.3 Å². The first-order valence-electron chi connectivity index (χ1n) is 11.7. The molecule has 3 atom stereocenters. The molecular weight excluding hydrogens is 469 g/mol. The highest BCUT2D eigenvalue weighted by Gasteiger charge is 2.28. The minimum atomic E-state index is -0.354. The molecule has 2 aromatic heterocycles. The highest BCUT2D eigenvalue weighted by Crippen LogP contribution is 2.30. The topological polar surface area (TPSA) is 111 Å². The second kappa shape index (κ2) is 10.4. The summed E-state index contributed by atoms with van der Waals surface area (Å²) in [5, 5.41) is 7.15. The number of nitrogens with two attached hydrogens (primary N) is 1. The molecule has 5 rings (SSSR count). The molecule has 2 aliphatic rings. The van der Waals surface area contributed by atoms with Gasteiger partial charge in [0.25, 0.3) is 0 Å². The van der Waals surface area contributed by atoms with Crippen LogP contribution in [-0.2, 0) is 22.5 Å². The van der Waals surface area contributed by atoms with Crippen LogP contribution in [0.15, 0.2) is 41.3 Å². The number of ether oxygens (including phenoxy) is 2. The Morgan fingerprint density at radius 2 is 2.11 bits per heavy atom. The predicted octanol–water partition coefficient (Wildman–Crippen LogP) is 3.03. The first kappa shape index (κ1) is 23.9. The van der Waals surface area contributed by atoms with Crippen LogP contribution in [-0.4, -0.2) is 53.5 Å². The van der Waals surface area contributed by atoms with Crippen molar-refractivity contribution >= 4 is 34.4 Å². The Morgan fingerprint density at radius 3 is 2.91 bits per heavy atom. The van der Waals surface area contributed by atoms with E-state index in [2.05, 4.69) is 20.6 Å². The van der Waals surface area contributed by atoms with Crippen LogP contribution in [0.2, 0.25) is 0 Å². The standard InChI is InChI=1S/C25H28FN5O3S/c1-33-23-9-3-14-2-6-18(26)17(24(14)31-23)10-19(27)20-7-4-16(12-34-20)28-11-15-5-8-21-25(29-15)30-22(32)13-35-21/h2-3,5-6,8-9,16,19-20,28H,4,7,10-13,27H2,1H3,(H,29,30,32)/t16-,19-,20+/m0/s1. The van der Waals surface area contributed by atoms with Gasteiger partial charge in [-0.1, -0.05) is 0 Å². The zero-order valence-corrected chi connectivity index (χ0v) is 20.2. The van der Waals surface area contributed by atoms with E-state index < -0.39 is 0 Å². The monoisotopic (exact) mass is 497 g/mol. The van der Waals surface area contributed by atoms with E-state index in [1.807, 2.05) is 18.2 Å². The number of amides is 1. The smallest absolute Gasteiger partial charge is 0.235 e. The van der Waals surface area contributed by atoms with Gasteiger partial charge in [0.05, 0.1) is 41.7 Å². The van der Waals surface area contributed by atoms with E-state index in [9.17, 15) is 9.18 Å². The summed E-state index contributed by atoms with van der Waals surface area (Å²) in [7, 11) is 1.54. The fourth-order valence-electron chi connectivity index (χ4n) is 4.50. The molecule has 4 N–H and O–H groups in total. The van der Waals surface area contributed by atoms with E-state index in [0.717, 1.165) is 28.8 Å². The average molecular weight is 498 g/mol. The molecule has 10 heteroatoms. The maximum absolute atomic E-state index is 14.7.